The molecule has 103 valence electrons. The molecule has 5 nitrogen and oxygen atoms in total. The van der Waals surface area contributed by atoms with E-state index < -0.39 is 0 Å². The summed E-state index contributed by atoms with van der Waals surface area (Å²) in [6, 6.07) is 9.48. The third kappa shape index (κ3) is 4.13. The van der Waals surface area contributed by atoms with Crippen molar-refractivity contribution in [1.82, 2.24) is 10.9 Å². The molecule has 0 spiro atoms. The van der Waals surface area contributed by atoms with Gasteiger partial charge in [-0.15, -0.1) is 0 Å². The van der Waals surface area contributed by atoms with Crippen LogP contribution in [-0.4, -0.2) is 13.3 Å². The smallest absolute Gasteiger partial charge is 0.287 e. The maximum atomic E-state index is 13.4. The van der Waals surface area contributed by atoms with E-state index in [1.165, 1.54) is 18.0 Å². The summed E-state index contributed by atoms with van der Waals surface area (Å²) in [4.78, 5) is 11.8. The van der Waals surface area contributed by atoms with Crippen molar-refractivity contribution < 1.29 is 13.7 Å². The number of nitriles is 1. The summed E-state index contributed by atoms with van der Waals surface area (Å²) in [5.41, 5.74) is 6.05. The van der Waals surface area contributed by atoms with E-state index in [9.17, 15) is 9.18 Å². The summed E-state index contributed by atoms with van der Waals surface area (Å²) in [5.74, 6) is 1.22. The number of carbonyl (C=O) groups excluding carboxylic acids is 1. The largest absolute Gasteiger partial charge is 0.671 e. The van der Waals surface area contributed by atoms with Crippen molar-refractivity contribution in [2.24, 2.45) is 0 Å². The predicted molar refractivity (Wildman–Crippen MR) is 74.1 cm³/mol. The highest BCUT2D eigenvalue weighted by Crippen LogP contribution is 2.04. The topological polar surface area (TPSA) is 68.8 Å². The molecule has 21 heavy (non-hydrogen) atoms. The summed E-state index contributed by atoms with van der Waals surface area (Å²) < 4.78 is 14.9. The lowest BCUT2D eigenvalue weighted by molar-refractivity contribution is -0.527. The van der Waals surface area contributed by atoms with Gasteiger partial charge in [0, 0.05) is 24.2 Å². The molecule has 2 aromatic rings. The molecule has 0 aliphatic rings. The molecule has 0 bridgehead atoms. The van der Waals surface area contributed by atoms with Crippen molar-refractivity contribution in [1.29, 1.82) is 5.26 Å². The summed E-state index contributed by atoms with van der Waals surface area (Å²) in [6.07, 6.45) is 3.18. The minimum absolute atomic E-state index is 0.188. The van der Waals surface area contributed by atoms with E-state index in [1.807, 2.05) is 5.97 Å². The Morgan fingerprint density at radius 2 is 2.00 bits per heavy atom. The number of halogens is 1. The molecular weight excluding hydrogens is 270 g/mol. The van der Waals surface area contributed by atoms with Crippen molar-refractivity contribution in [2.45, 2.75) is 6.54 Å². The first-order valence-electron chi connectivity index (χ1n) is 6.21. The van der Waals surface area contributed by atoms with Gasteiger partial charge in [0.2, 0.25) is 0 Å². The Morgan fingerprint density at radius 1 is 1.29 bits per heavy atom. The molecule has 1 radical (unpaired) electrons. The van der Waals surface area contributed by atoms with Crippen LogP contribution in [0.2, 0.25) is 0 Å². The van der Waals surface area contributed by atoms with Crippen molar-refractivity contribution in [3.8, 4) is 5.97 Å². The molecule has 0 saturated heterocycles. The molecule has 1 aromatic carbocycles. The van der Waals surface area contributed by atoms with Crippen LogP contribution < -0.4 is 15.3 Å². The molecule has 1 heterocycles. The molecule has 1 amide bonds. The van der Waals surface area contributed by atoms with Gasteiger partial charge in [0.25, 0.3) is 5.91 Å². The van der Waals surface area contributed by atoms with E-state index in [0.717, 1.165) is 0 Å². The minimum Gasteiger partial charge on any atom is -0.287 e. The molecule has 1 aromatic heterocycles. The Bertz CT molecular complexity index is 669. The quantitative estimate of drug-likeness (QED) is 0.619. The Labute approximate surface area is 122 Å². The Hall–Kier alpha value is -2.72. The number of hydrogen-bond donors (Lipinski definition) is 2. The van der Waals surface area contributed by atoms with Crippen LogP contribution >= 0.6 is 0 Å². The van der Waals surface area contributed by atoms with Gasteiger partial charge in [0.15, 0.2) is 0 Å². The molecule has 0 unspecified atom stereocenters. The zero-order chi connectivity index (χ0) is 15.1. The van der Waals surface area contributed by atoms with Crippen LogP contribution in [0.15, 0.2) is 48.8 Å². The Balaban J connectivity index is 1.87. The number of hydrogen-bond acceptors (Lipinski definition) is 3. The maximum absolute atomic E-state index is 13.4. The SMILES string of the molecule is N#C[B][n+]1ccc(C(=O)NNCc2ccccc2F)cc1. The number of carbonyl (C=O) groups is 1. The second-order valence-electron chi connectivity index (χ2n) is 4.19. The van der Waals surface area contributed by atoms with E-state index >= 15 is 0 Å². The number of benzene rings is 1. The van der Waals surface area contributed by atoms with Crippen molar-refractivity contribution in [3.63, 3.8) is 0 Å². The number of pyridine rings is 1. The number of amides is 1. The Morgan fingerprint density at radius 3 is 2.67 bits per heavy atom. The van der Waals surface area contributed by atoms with Crippen molar-refractivity contribution in [2.75, 3.05) is 0 Å². The summed E-state index contributed by atoms with van der Waals surface area (Å²) in [5, 5.41) is 8.50. The first-order chi connectivity index (χ1) is 10.2. The van der Waals surface area contributed by atoms with Crippen molar-refractivity contribution >= 4 is 13.3 Å². The van der Waals surface area contributed by atoms with Gasteiger partial charge in [-0.05, 0) is 6.07 Å². The Kier molecular flexibility index (Phi) is 5.02. The highest BCUT2D eigenvalue weighted by Gasteiger charge is 2.10. The molecule has 2 rings (SSSR count). The fraction of sp³-hybridized carbons (Fsp3) is 0.0714. The van der Waals surface area contributed by atoms with Gasteiger partial charge in [-0.3, -0.25) is 14.7 Å². The van der Waals surface area contributed by atoms with Gasteiger partial charge in [0.05, 0.1) is 5.56 Å². The number of nitrogens with zero attached hydrogens (tertiary/aromatic N) is 2. The third-order valence-corrected chi connectivity index (χ3v) is 2.76. The van der Waals surface area contributed by atoms with Gasteiger partial charge in [-0.25, -0.2) is 15.1 Å². The second-order valence-corrected chi connectivity index (χ2v) is 4.19. The minimum atomic E-state index is -0.338. The van der Waals surface area contributed by atoms with Gasteiger partial charge < -0.3 is 0 Å². The van der Waals surface area contributed by atoms with E-state index in [4.69, 9.17) is 5.26 Å². The normalized spacial score (nSPS) is 9.71. The molecule has 0 saturated carbocycles. The van der Waals surface area contributed by atoms with E-state index in [2.05, 4.69) is 10.9 Å². The lowest BCUT2D eigenvalue weighted by atomic mass is 9.98. The van der Waals surface area contributed by atoms with E-state index in [1.54, 1.807) is 42.7 Å². The van der Waals surface area contributed by atoms with Crippen LogP contribution in [0.4, 0.5) is 4.39 Å². The zero-order valence-corrected chi connectivity index (χ0v) is 11.1. The number of hydrazine groups is 1. The van der Waals surface area contributed by atoms with Gasteiger partial charge in [-0.1, -0.05) is 18.2 Å². The average Bonchev–Trinajstić information content (AvgIpc) is 2.50. The number of aromatic nitrogens is 1. The fourth-order valence-corrected chi connectivity index (χ4v) is 1.68. The van der Waals surface area contributed by atoms with Gasteiger partial charge >= 0.3 is 7.41 Å². The monoisotopic (exact) mass is 282 g/mol. The first-order valence-corrected chi connectivity index (χ1v) is 6.21. The highest BCUT2D eigenvalue weighted by molar-refractivity contribution is 6.35. The lowest BCUT2D eigenvalue weighted by Crippen LogP contribution is -2.40. The van der Waals surface area contributed by atoms with E-state index in [-0.39, 0.29) is 18.3 Å². The first kappa shape index (κ1) is 14.7. The van der Waals surface area contributed by atoms with Gasteiger partial charge in [0.1, 0.15) is 24.2 Å². The predicted octanol–water partition coefficient (Wildman–Crippen LogP) is 0.496. The molecule has 0 atom stereocenters. The molecule has 2 N–H and O–H groups in total. The lowest BCUT2D eigenvalue weighted by Gasteiger charge is -2.07. The molecule has 0 fully saturated rings. The van der Waals surface area contributed by atoms with Crippen LogP contribution in [0.3, 0.4) is 0 Å². The van der Waals surface area contributed by atoms with Crippen LogP contribution in [0.5, 0.6) is 0 Å². The van der Waals surface area contributed by atoms with Crippen molar-refractivity contribution in [3.05, 3.63) is 65.7 Å². The second kappa shape index (κ2) is 7.17. The van der Waals surface area contributed by atoms with Crippen LogP contribution in [0.25, 0.3) is 0 Å². The molecule has 0 aliphatic heterocycles. The van der Waals surface area contributed by atoms with Gasteiger partial charge in [-0.2, -0.15) is 0 Å². The highest BCUT2D eigenvalue weighted by atomic mass is 19.1. The average molecular weight is 282 g/mol. The number of nitrogens with one attached hydrogen (secondary N) is 2. The summed E-state index contributed by atoms with van der Waals surface area (Å²) in [6.45, 7) is 0.188. The third-order valence-electron chi connectivity index (χ3n) is 2.76. The fourth-order valence-electron chi connectivity index (χ4n) is 1.68. The standard InChI is InChI=1S/C14H12BFN4O/c16-13-4-2-1-3-12(13)9-18-19-14(21)11-5-7-20(8-6-11)15-10-17/h1-8,18H,9H2,(H,19,21)/q+1. The summed E-state index contributed by atoms with van der Waals surface area (Å²) >= 11 is 0. The van der Waals surface area contributed by atoms with Crippen LogP contribution in [0, 0.1) is 17.0 Å². The van der Waals surface area contributed by atoms with Crippen LogP contribution in [0.1, 0.15) is 15.9 Å². The molecular formula is C14H12BFN4O+. The molecule has 0 aliphatic carbocycles. The maximum Gasteiger partial charge on any atom is 0.671 e. The summed E-state index contributed by atoms with van der Waals surface area (Å²) in [7, 11) is 1.30. The zero-order valence-electron chi connectivity index (χ0n) is 11.1. The molecule has 7 heteroatoms. The number of rotatable bonds is 5. The van der Waals surface area contributed by atoms with E-state index in [0.29, 0.717) is 11.1 Å². The van der Waals surface area contributed by atoms with Crippen LogP contribution in [-0.2, 0) is 6.54 Å².